The second kappa shape index (κ2) is 8.47. The molecule has 0 spiro atoms. The minimum absolute atomic E-state index is 0.0413. The van der Waals surface area contributed by atoms with Crippen LogP contribution in [-0.2, 0) is 26.8 Å². The third kappa shape index (κ3) is 6.35. The molecule has 1 aromatic carbocycles. The molecule has 7 nitrogen and oxygen atoms in total. The number of amides is 1. The first-order valence-electron chi connectivity index (χ1n) is 8.92. The number of nitrogens with one attached hydrogen (secondary N) is 1. The lowest BCUT2D eigenvalue weighted by Crippen LogP contribution is -2.52. The Bertz CT molecular complexity index is 703. The fourth-order valence-corrected chi connectivity index (χ4v) is 3.59. The summed E-state index contributed by atoms with van der Waals surface area (Å²) in [6.45, 7) is 9.10. The van der Waals surface area contributed by atoms with E-state index in [0.717, 1.165) is 6.42 Å². The minimum Gasteiger partial charge on any atom is -0.355 e. The maximum atomic E-state index is 12.1. The summed E-state index contributed by atoms with van der Waals surface area (Å²) in [4.78, 5) is 14.0. The number of hydrogen-bond acceptors (Lipinski definition) is 4. The standard InChI is InChI=1S/C18H30N4O3S/c1-18(2,3)16-6-4-15(5-7-16)8-9-20-17(23)14-21-10-12-22(13-11-21)26(19,24)25/h4-7H,8-14H2,1-3H3,(H,20,23)(H2,19,24,25). The number of piperazine rings is 1. The third-order valence-electron chi connectivity index (χ3n) is 4.61. The van der Waals surface area contributed by atoms with Gasteiger partial charge in [0.1, 0.15) is 0 Å². The Hall–Kier alpha value is -1.48. The van der Waals surface area contributed by atoms with E-state index in [1.807, 2.05) is 4.90 Å². The predicted molar refractivity (Wildman–Crippen MR) is 103 cm³/mol. The number of nitrogens with two attached hydrogens (primary N) is 1. The summed E-state index contributed by atoms with van der Waals surface area (Å²) < 4.78 is 23.8. The molecule has 0 radical (unpaired) electrons. The first-order valence-corrected chi connectivity index (χ1v) is 10.4. The summed E-state index contributed by atoms with van der Waals surface area (Å²) in [6, 6.07) is 8.50. The van der Waals surface area contributed by atoms with Crippen LogP contribution in [0.15, 0.2) is 24.3 Å². The normalized spacial score (nSPS) is 17.2. The second-order valence-corrected chi connectivity index (χ2v) is 9.31. The van der Waals surface area contributed by atoms with E-state index in [9.17, 15) is 13.2 Å². The third-order valence-corrected chi connectivity index (χ3v) is 5.70. The lowest BCUT2D eigenvalue weighted by atomic mass is 9.86. The van der Waals surface area contributed by atoms with Crippen LogP contribution in [0, 0.1) is 0 Å². The molecule has 1 amide bonds. The Morgan fingerprint density at radius 3 is 2.19 bits per heavy atom. The van der Waals surface area contributed by atoms with Crippen molar-refractivity contribution >= 4 is 16.1 Å². The molecule has 3 N–H and O–H groups in total. The largest absolute Gasteiger partial charge is 0.355 e. The van der Waals surface area contributed by atoms with Crippen LogP contribution >= 0.6 is 0 Å². The lowest BCUT2D eigenvalue weighted by Gasteiger charge is -2.32. The van der Waals surface area contributed by atoms with Crippen molar-refractivity contribution in [2.45, 2.75) is 32.6 Å². The summed E-state index contributed by atoms with van der Waals surface area (Å²) >= 11 is 0. The molecular formula is C18H30N4O3S. The fourth-order valence-electron chi connectivity index (χ4n) is 2.92. The molecule has 1 heterocycles. The molecule has 8 heteroatoms. The monoisotopic (exact) mass is 382 g/mol. The average Bonchev–Trinajstić information content (AvgIpc) is 2.54. The first kappa shape index (κ1) is 20.8. The summed E-state index contributed by atoms with van der Waals surface area (Å²) in [5.41, 5.74) is 2.63. The summed E-state index contributed by atoms with van der Waals surface area (Å²) in [5.74, 6) is -0.0413. The SMILES string of the molecule is CC(C)(C)c1ccc(CCNC(=O)CN2CCN(S(N)(=O)=O)CC2)cc1. The molecule has 0 aliphatic carbocycles. The topological polar surface area (TPSA) is 95.7 Å². The smallest absolute Gasteiger partial charge is 0.276 e. The van der Waals surface area contributed by atoms with Crippen LogP contribution < -0.4 is 10.5 Å². The van der Waals surface area contributed by atoms with E-state index in [0.29, 0.717) is 32.7 Å². The van der Waals surface area contributed by atoms with Crippen LogP contribution in [0.2, 0.25) is 0 Å². The van der Waals surface area contributed by atoms with Gasteiger partial charge in [-0.05, 0) is 23.0 Å². The van der Waals surface area contributed by atoms with Crippen LogP contribution in [0.25, 0.3) is 0 Å². The number of rotatable bonds is 6. The molecule has 146 valence electrons. The van der Waals surface area contributed by atoms with Gasteiger partial charge >= 0.3 is 0 Å². The highest BCUT2D eigenvalue weighted by atomic mass is 32.2. The molecule has 1 aromatic rings. The Morgan fingerprint density at radius 2 is 1.69 bits per heavy atom. The van der Waals surface area contributed by atoms with E-state index >= 15 is 0 Å². The molecule has 1 aliphatic heterocycles. The maximum Gasteiger partial charge on any atom is 0.276 e. The van der Waals surface area contributed by atoms with E-state index < -0.39 is 10.2 Å². The van der Waals surface area contributed by atoms with Crippen LogP contribution in [0.5, 0.6) is 0 Å². The van der Waals surface area contributed by atoms with Gasteiger partial charge < -0.3 is 5.32 Å². The molecule has 0 unspecified atom stereocenters. The number of nitrogens with zero attached hydrogens (tertiary/aromatic N) is 2. The summed E-state index contributed by atoms with van der Waals surface area (Å²) in [7, 11) is -3.63. The van der Waals surface area contributed by atoms with Crippen molar-refractivity contribution in [3.63, 3.8) is 0 Å². The van der Waals surface area contributed by atoms with Gasteiger partial charge in [0.25, 0.3) is 10.2 Å². The molecule has 1 fully saturated rings. The van der Waals surface area contributed by atoms with Gasteiger partial charge in [-0.2, -0.15) is 12.7 Å². The van der Waals surface area contributed by atoms with Gasteiger partial charge in [0.15, 0.2) is 0 Å². The van der Waals surface area contributed by atoms with Crippen LogP contribution in [0.4, 0.5) is 0 Å². The van der Waals surface area contributed by atoms with Crippen molar-refractivity contribution in [1.29, 1.82) is 0 Å². The predicted octanol–water partition coefficient (Wildman–Crippen LogP) is 0.464. The van der Waals surface area contributed by atoms with Gasteiger partial charge in [0.05, 0.1) is 6.54 Å². The minimum atomic E-state index is -3.63. The van der Waals surface area contributed by atoms with Gasteiger partial charge in [0, 0.05) is 32.7 Å². The van der Waals surface area contributed by atoms with E-state index in [1.54, 1.807) is 0 Å². The van der Waals surface area contributed by atoms with Gasteiger partial charge in [0.2, 0.25) is 5.91 Å². The van der Waals surface area contributed by atoms with Crippen molar-refractivity contribution < 1.29 is 13.2 Å². The Balaban J connectivity index is 1.70. The average molecular weight is 383 g/mol. The Morgan fingerprint density at radius 1 is 1.12 bits per heavy atom. The molecule has 1 aliphatic rings. The van der Waals surface area contributed by atoms with Crippen molar-refractivity contribution in [2.24, 2.45) is 5.14 Å². The van der Waals surface area contributed by atoms with Gasteiger partial charge in [-0.1, -0.05) is 45.0 Å². The zero-order chi connectivity index (χ0) is 19.4. The summed E-state index contributed by atoms with van der Waals surface area (Å²) in [6.07, 6.45) is 0.787. The molecule has 2 rings (SSSR count). The van der Waals surface area contributed by atoms with Crippen molar-refractivity contribution in [2.75, 3.05) is 39.3 Å². The maximum absolute atomic E-state index is 12.1. The number of hydrogen-bond donors (Lipinski definition) is 2. The molecule has 26 heavy (non-hydrogen) atoms. The quantitative estimate of drug-likeness (QED) is 0.747. The molecule has 1 saturated heterocycles. The van der Waals surface area contributed by atoms with Crippen LogP contribution in [0.1, 0.15) is 31.9 Å². The van der Waals surface area contributed by atoms with Crippen LogP contribution in [-0.4, -0.2) is 62.8 Å². The van der Waals surface area contributed by atoms with Gasteiger partial charge in [-0.25, -0.2) is 5.14 Å². The van der Waals surface area contributed by atoms with Crippen LogP contribution in [0.3, 0.4) is 0 Å². The van der Waals surface area contributed by atoms with E-state index in [-0.39, 0.29) is 17.9 Å². The second-order valence-electron chi connectivity index (χ2n) is 7.77. The van der Waals surface area contributed by atoms with Gasteiger partial charge in [-0.3, -0.25) is 9.69 Å². The van der Waals surface area contributed by atoms with E-state index in [4.69, 9.17) is 5.14 Å². The number of carbonyl (C=O) groups excluding carboxylic acids is 1. The van der Waals surface area contributed by atoms with Crippen molar-refractivity contribution in [3.05, 3.63) is 35.4 Å². The molecule has 0 saturated carbocycles. The zero-order valence-electron chi connectivity index (χ0n) is 15.9. The van der Waals surface area contributed by atoms with E-state index in [2.05, 4.69) is 50.4 Å². The summed E-state index contributed by atoms with van der Waals surface area (Å²) in [5, 5.41) is 8.04. The lowest BCUT2D eigenvalue weighted by molar-refractivity contribution is -0.122. The highest BCUT2D eigenvalue weighted by Gasteiger charge is 2.24. The number of carbonyl (C=O) groups is 1. The zero-order valence-corrected chi connectivity index (χ0v) is 16.7. The molecule has 0 bridgehead atoms. The highest BCUT2D eigenvalue weighted by Crippen LogP contribution is 2.22. The first-order chi connectivity index (χ1) is 12.1. The molecular weight excluding hydrogens is 352 g/mol. The highest BCUT2D eigenvalue weighted by molar-refractivity contribution is 7.86. The molecule has 0 atom stereocenters. The Labute approximate surface area is 156 Å². The van der Waals surface area contributed by atoms with E-state index in [1.165, 1.54) is 15.4 Å². The Kier molecular flexibility index (Phi) is 6.79. The van der Waals surface area contributed by atoms with Gasteiger partial charge in [-0.15, -0.1) is 0 Å². The molecule has 0 aromatic heterocycles. The number of benzene rings is 1. The van der Waals surface area contributed by atoms with Crippen molar-refractivity contribution in [1.82, 2.24) is 14.5 Å². The van der Waals surface area contributed by atoms with Crippen molar-refractivity contribution in [3.8, 4) is 0 Å². The fraction of sp³-hybridized carbons (Fsp3) is 0.611.